The van der Waals surface area contributed by atoms with E-state index in [1.165, 1.54) is 18.3 Å². The number of carbonyl (C=O) groups excluding carboxylic acids is 1. The molecule has 0 radical (unpaired) electrons. The number of amides is 1. The number of anilines is 1. The van der Waals surface area contributed by atoms with Gasteiger partial charge in [0.1, 0.15) is 12.3 Å². The molecular formula is C21H18F3N5O2. The first-order chi connectivity index (χ1) is 14.9. The third-order valence-corrected chi connectivity index (χ3v) is 4.38. The van der Waals surface area contributed by atoms with Crippen LogP contribution in [-0.4, -0.2) is 37.9 Å². The van der Waals surface area contributed by atoms with Crippen molar-refractivity contribution >= 4 is 17.2 Å². The number of aromatic nitrogens is 4. The molecule has 0 bridgehead atoms. The maximum atomic E-state index is 12.4. The molecule has 0 unspecified atom stereocenters. The van der Waals surface area contributed by atoms with E-state index in [2.05, 4.69) is 20.1 Å². The van der Waals surface area contributed by atoms with Crippen LogP contribution >= 0.6 is 0 Å². The number of hydrogen-bond acceptors (Lipinski definition) is 4. The average Bonchev–Trinajstić information content (AvgIpc) is 3.33. The highest BCUT2D eigenvalue weighted by atomic mass is 19.4. The molecule has 31 heavy (non-hydrogen) atoms. The van der Waals surface area contributed by atoms with Crippen molar-refractivity contribution in [3.8, 4) is 0 Å². The van der Waals surface area contributed by atoms with Crippen molar-refractivity contribution in [1.82, 2.24) is 19.2 Å². The third-order valence-electron chi connectivity index (χ3n) is 4.38. The van der Waals surface area contributed by atoms with Gasteiger partial charge in [-0.05, 0) is 29.8 Å². The van der Waals surface area contributed by atoms with E-state index in [1.807, 2.05) is 35.0 Å². The van der Waals surface area contributed by atoms with E-state index in [0.29, 0.717) is 23.4 Å². The Hall–Kier alpha value is -3.66. The summed E-state index contributed by atoms with van der Waals surface area (Å²) in [5, 5.41) is 6.99. The summed E-state index contributed by atoms with van der Waals surface area (Å²) in [4.78, 5) is 16.9. The summed E-state index contributed by atoms with van der Waals surface area (Å²) in [6.45, 7) is -1.05. The maximum Gasteiger partial charge on any atom is 0.411 e. The van der Waals surface area contributed by atoms with Crippen LogP contribution in [0, 0.1) is 0 Å². The first-order valence-electron chi connectivity index (χ1n) is 9.35. The number of benzene rings is 1. The fraction of sp³-hybridized carbons (Fsp3) is 0.190. The Bertz CT molecular complexity index is 1150. The van der Waals surface area contributed by atoms with Crippen LogP contribution in [0.5, 0.6) is 0 Å². The number of carbonyl (C=O) groups is 1. The van der Waals surface area contributed by atoms with Crippen LogP contribution in [0.3, 0.4) is 0 Å². The molecule has 0 fully saturated rings. The topological polar surface area (TPSA) is 73.5 Å². The second-order valence-corrected chi connectivity index (χ2v) is 6.88. The Morgan fingerprint density at radius 3 is 2.65 bits per heavy atom. The van der Waals surface area contributed by atoms with Gasteiger partial charge in [-0.2, -0.15) is 18.3 Å². The van der Waals surface area contributed by atoms with Crippen molar-refractivity contribution in [3.63, 3.8) is 0 Å². The van der Waals surface area contributed by atoms with Gasteiger partial charge in [-0.15, -0.1) is 0 Å². The number of halogens is 3. The number of ether oxygens (including phenoxy) is 1. The summed E-state index contributed by atoms with van der Waals surface area (Å²) in [5.74, 6) is -0.352. The fourth-order valence-corrected chi connectivity index (χ4v) is 2.98. The smallest absolute Gasteiger partial charge is 0.367 e. The monoisotopic (exact) mass is 429 g/mol. The van der Waals surface area contributed by atoms with Gasteiger partial charge in [-0.1, -0.05) is 18.2 Å². The van der Waals surface area contributed by atoms with Gasteiger partial charge in [-0.25, -0.2) is 4.98 Å². The number of pyridine rings is 1. The van der Waals surface area contributed by atoms with E-state index in [0.717, 1.165) is 11.3 Å². The third kappa shape index (κ3) is 5.48. The molecule has 1 N–H and O–H groups in total. The van der Waals surface area contributed by atoms with E-state index in [-0.39, 0.29) is 12.5 Å². The van der Waals surface area contributed by atoms with E-state index >= 15 is 0 Å². The highest BCUT2D eigenvalue weighted by Gasteiger charge is 2.27. The lowest BCUT2D eigenvalue weighted by Crippen LogP contribution is -2.16. The van der Waals surface area contributed by atoms with Crippen LogP contribution < -0.4 is 5.32 Å². The molecule has 1 aromatic carbocycles. The van der Waals surface area contributed by atoms with E-state index in [1.54, 1.807) is 23.0 Å². The zero-order valence-corrected chi connectivity index (χ0v) is 16.2. The molecule has 7 nitrogen and oxygen atoms in total. The largest absolute Gasteiger partial charge is 0.411 e. The molecule has 1 amide bonds. The Morgan fingerprint density at radius 2 is 1.90 bits per heavy atom. The Kier molecular flexibility index (Phi) is 5.72. The zero-order valence-electron chi connectivity index (χ0n) is 16.2. The Morgan fingerprint density at radius 1 is 1.10 bits per heavy atom. The molecule has 160 valence electrons. The summed E-state index contributed by atoms with van der Waals surface area (Å²) < 4.78 is 44.5. The molecule has 0 aliphatic rings. The minimum atomic E-state index is -4.37. The van der Waals surface area contributed by atoms with E-state index in [4.69, 9.17) is 0 Å². The molecule has 0 aliphatic heterocycles. The van der Waals surface area contributed by atoms with Crippen molar-refractivity contribution < 1.29 is 22.7 Å². The number of hydrogen-bond donors (Lipinski definition) is 1. The van der Waals surface area contributed by atoms with Crippen molar-refractivity contribution in [2.75, 3.05) is 11.9 Å². The predicted molar refractivity (Wildman–Crippen MR) is 107 cm³/mol. The zero-order chi connectivity index (χ0) is 21.8. The van der Waals surface area contributed by atoms with Gasteiger partial charge < -0.3 is 14.5 Å². The normalized spacial score (nSPS) is 11.7. The van der Waals surface area contributed by atoms with E-state index in [9.17, 15) is 18.0 Å². The maximum absolute atomic E-state index is 12.4. The van der Waals surface area contributed by atoms with Crippen LogP contribution in [0.2, 0.25) is 0 Å². The fourth-order valence-electron chi connectivity index (χ4n) is 2.98. The molecule has 3 aromatic heterocycles. The van der Waals surface area contributed by atoms with Crippen LogP contribution in [0.4, 0.5) is 18.9 Å². The van der Waals surface area contributed by atoms with E-state index < -0.39 is 12.8 Å². The van der Waals surface area contributed by atoms with Gasteiger partial charge in [0.05, 0.1) is 30.7 Å². The predicted octanol–water partition coefficient (Wildman–Crippen LogP) is 3.91. The number of nitrogens with one attached hydrogen (secondary N) is 1. The molecular weight excluding hydrogens is 411 g/mol. The van der Waals surface area contributed by atoms with Gasteiger partial charge in [0.15, 0.2) is 0 Å². The Labute approximate surface area is 175 Å². The summed E-state index contributed by atoms with van der Waals surface area (Å²) in [7, 11) is 0. The molecule has 0 aliphatic carbocycles. The minimum Gasteiger partial charge on any atom is -0.367 e. The SMILES string of the molecule is O=C(Nc1cnn(Cc2cn3ccccc3n2)c1)c1ccc(COCC(F)(F)F)cc1. The number of imidazole rings is 1. The second-order valence-electron chi connectivity index (χ2n) is 6.88. The highest BCUT2D eigenvalue weighted by molar-refractivity contribution is 6.04. The van der Waals surface area contributed by atoms with Gasteiger partial charge in [0.25, 0.3) is 5.91 Å². The summed E-state index contributed by atoms with van der Waals surface area (Å²) in [5.41, 5.74) is 3.10. The summed E-state index contributed by atoms with van der Waals surface area (Å²) in [6.07, 6.45) is 2.69. The lowest BCUT2D eigenvalue weighted by Gasteiger charge is -2.08. The molecule has 0 saturated heterocycles. The van der Waals surface area contributed by atoms with Crippen LogP contribution in [0.1, 0.15) is 21.6 Å². The molecule has 4 aromatic rings. The standard InChI is InChI=1S/C21H18F3N5O2/c22-21(23,24)14-31-13-15-4-6-16(7-5-15)20(30)27-17-9-25-29(11-17)12-18-10-28-8-2-1-3-19(28)26-18/h1-11H,12-14H2,(H,27,30). The summed E-state index contributed by atoms with van der Waals surface area (Å²) in [6, 6.07) is 11.9. The van der Waals surface area contributed by atoms with Crippen LogP contribution in [-0.2, 0) is 17.9 Å². The van der Waals surface area contributed by atoms with Gasteiger partial charge in [0, 0.05) is 24.2 Å². The quantitative estimate of drug-likeness (QED) is 0.484. The van der Waals surface area contributed by atoms with Gasteiger partial charge in [0.2, 0.25) is 0 Å². The average molecular weight is 429 g/mol. The summed E-state index contributed by atoms with van der Waals surface area (Å²) >= 11 is 0. The molecule has 0 atom stereocenters. The lowest BCUT2D eigenvalue weighted by molar-refractivity contribution is -0.176. The second kappa shape index (κ2) is 8.60. The molecule has 3 heterocycles. The van der Waals surface area contributed by atoms with Gasteiger partial charge in [-0.3, -0.25) is 9.48 Å². The lowest BCUT2D eigenvalue weighted by atomic mass is 10.1. The first kappa shape index (κ1) is 20.6. The van der Waals surface area contributed by atoms with Gasteiger partial charge >= 0.3 is 6.18 Å². The number of fused-ring (bicyclic) bond motifs is 1. The van der Waals surface area contributed by atoms with Crippen molar-refractivity contribution in [1.29, 1.82) is 0 Å². The van der Waals surface area contributed by atoms with Crippen molar-refractivity contribution in [3.05, 3.63) is 84.1 Å². The van der Waals surface area contributed by atoms with Crippen LogP contribution in [0.25, 0.3) is 5.65 Å². The number of alkyl halides is 3. The molecule has 4 rings (SSSR count). The van der Waals surface area contributed by atoms with Crippen molar-refractivity contribution in [2.45, 2.75) is 19.3 Å². The molecule has 10 heteroatoms. The first-order valence-corrected chi connectivity index (χ1v) is 9.35. The number of nitrogens with zero attached hydrogens (tertiary/aromatic N) is 4. The molecule has 0 saturated carbocycles. The number of rotatable bonds is 7. The highest BCUT2D eigenvalue weighted by Crippen LogP contribution is 2.16. The van der Waals surface area contributed by atoms with Crippen LogP contribution in [0.15, 0.2) is 67.3 Å². The van der Waals surface area contributed by atoms with Crippen molar-refractivity contribution in [2.24, 2.45) is 0 Å². The minimum absolute atomic E-state index is 0.183. The molecule has 0 spiro atoms. The Balaban J connectivity index is 1.33.